The van der Waals surface area contributed by atoms with Crippen molar-refractivity contribution in [2.24, 2.45) is 0 Å². The summed E-state index contributed by atoms with van der Waals surface area (Å²) in [7, 11) is 1.84. The number of thiophene rings is 1. The summed E-state index contributed by atoms with van der Waals surface area (Å²) in [4.78, 5) is 0. The number of hydrogen-bond donors (Lipinski definition) is 3. The Morgan fingerprint density at radius 2 is 2.33 bits per heavy atom. The molecule has 0 fully saturated rings. The highest BCUT2D eigenvalue weighted by Gasteiger charge is 2.08. The smallest absolute Gasteiger partial charge is 0.141 e. The van der Waals surface area contributed by atoms with E-state index in [2.05, 4.69) is 5.32 Å². The monoisotopic (exact) mass is 183 g/mol. The van der Waals surface area contributed by atoms with Crippen LogP contribution < -0.4 is 11.1 Å². The first-order valence-electron chi connectivity index (χ1n) is 3.50. The third-order valence-corrected chi connectivity index (χ3v) is 2.83. The van der Waals surface area contributed by atoms with Crippen LogP contribution in [0.5, 0.6) is 0 Å². The number of hydrogen-bond acceptors (Lipinski definition) is 4. The zero-order valence-electron chi connectivity index (χ0n) is 6.53. The van der Waals surface area contributed by atoms with Crippen molar-refractivity contribution < 1.29 is 5.21 Å². The van der Waals surface area contributed by atoms with Crippen molar-refractivity contribution in [3.8, 4) is 0 Å². The largest absolute Gasteiger partial charge is 0.426 e. The maximum Gasteiger partial charge on any atom is 0.141 e. The lowest BCUT2D eigenvalue weighted by atomic mass is 10.5. The topological polar surface area (TPSA) is 63.2 Å². The molecule has 0 unspecified atom stereocenters. The van der Waals surface area contributed by atoms with Crippen molar-refractivity contribution in [3.05, 3.63) is 12.1 Å². The Labute approximate surface area is 73.2 Å². The van der Waals surface area contributed by atoms with E-state index in [4.69, 9.17) is 5.73 Å². The van der Waals surface area contributed by atoms with Gasteiger partial charge in [-0.1, -0.05) is 0 Å². The maximum absolute atomic E-state index is 9.38. The Morgan fingerprint density at radius 3 is 2.92 bits per heavy atom. The van der Waals surface area contributed by atoms with Gasteiger partial charge in [0.2, 0.25) is 0 Å². The molecule has 0 aromatic carbocycles. The standard InChI is InChI=1S/C7H9N3OS/c1-9-7-2-4-5(12-7)3-6(8)10(4)11/h2-3,9,11H,8H2,1H3. The van der Waals surface area contributed by atoms with Crippen LogP contribution in [0, 0.1) is 0 Å². The summed E-state index contributed by atoms with van der Waals surface area (Å²) in [6.45, 7) is 0. The van der Waals surface area contributed by atoms with Gasteiger partial charge in [-0.2, -0.15) is 4.73 Å². The number of nitrogen functional groups attached to an aromatic ring is 1. The average molecular weight is 183 g/mol. The zero-order chi connectivity index (χ0) is 8.72. The van der Waals surface area contributed by atoms with Gasteiger partial charge in [0.1, 0.15) is 11.3 Å². The molecule has 0 aliphatic heterocycles. The number of nitrogens with two attached hydrogens (primary N) is 1. The quantitative estimate of drug-likeness (QED) is 0.588. The molecule has 0 aliphatic rings. The third kappa shape index (κ3) is 0.831. The number of aromatic nitrogens is 1. The van der Waals surface area contributed by atoms with Crippen molar-refractivity contribution in [2.75, 3.05) is 18.1 Å². The fourth-order valence-corrected chi connectivity index (χ4v) is 2.06. The lowest BCUT2D eigenvalue weighted by Crippen LogP contribution is -1.95. The SMILES string of the molecule is CNc1cc2c(cc(N)n2O)s1. The molecule has 4 N–H and O–H groups in total. The van der Waals surface area contributed by atoms with E-state index < -0.39 is 0 Å². The minimum atomic E-state index is 0.374. The molecule has 0 saturated heterocycles. The molecule has 4 nitrogen and oxygen atoms in total. The van der Waals surface area contributed by atoms with Crippen molar-refractivity contribution in [1.82, 2.24) is 4.73 Å². The van der Waals surface area contributed by atoms with Gasteiger partial charge in [0.05, 0.1) is 9.70 Å². The van der Waals surface area contributed by atoms with Crippen LogP contribution in [-0.4, -0.2) is 17.0 Å². The van der Waals surface area contributed by atoms with Gasteiger partial charge in [0.15, 0.2) is 0 Å². The van der Waals surface area contributed by atoms with Crippen molar-refractivity contribution in [2.45, 2.75) is 0 Å². The van der Waals surface area contributed by atoms with E-state index in [1.165, 1.54) is 0 Å². The van der Waals surface area contributed by atoms with Crippen molar-refractivity contribution in [1.29, 1.82) is 0 Å². The molecule has 64 valence electrons. The second-order valence-electron chi connectivity index (χ2n) is 2.49. The van der Waals surface area contributed by atoms with Crippen molar-refractivity contribution in [3.63, 3.8) is 0 Å². The van der Waals surface area contributed by atoms with E-state index in [1.807, 2.05) is 13.1 Å². The van der Waals surface area contributed by atoms with Gasteiger partial charge < -0.3 is 16.3 Å². The predicted molar refractivity (Wildman–Crippen MR) is 51.0 cm³/mol. The second kappa shape index (κ2) is 2.31. The van der Waals surface area contributed by atoms with Gasteiger partial charge in [-0.15, -0.1) is 11.3 Å². The van der Waals surface area contributed by atoms with Gasteiger partial charge in [-0.3, -0.25) is 0 Å². The average Bonchev–Trinajstić information content (AvgIpc) is 2.55. The number of nitrogens with zero attached hydrogens (tertiary/aromatic N) is 1. The molecule has 0 aliphatic carbocycles. The molecule has 0 bridgehead atoms. The van der Waals surface area contributed by atoms with Gasteiger partial charge in [-0.05, 0) is 0 Å². The molecular formula is C7H9N3OS. The maximum atomic E-state index is 9.38. The number of anilines is 2. The van der Waals surface area contributed by atoms with Gasteiger partial charge >= 0.3 is 0 Å². The molecule has 12 heavy (non-hydrogen) atoms. The van der Waals surface area contributed by atoms with E-state index in [1.54, 1.807) is 17.4 Å². The number of fused-ring (bicyclic) bond motifs is 1. The van der Waals surface area contributed by atoms with E-state index in [9.17, 15) is 5.21 Å². The molecule has 0 radical (unpaired) electrons. The van der Waals surface area contributed by atoms with Crippen molar-refractivity contribution >= 4 is 32.4 Å². The van der Waals surface area contributed by atoms with Gasteiger partial charge in [-0.25, -0.2) is 0 Å². The molecular weight excluding hydrogens is 174 g/mol. The normalized spacial score (nSPS) is 10.8. The summed E-state index contributed by atoms with van der Waals surface area (Å²) < 4.78 is 1.98. The first kappa shape index (κ1) is 7.30. The Kier molecular flexibility index (Phi) is 1.41. The van der Waals surface area contributed by atoms with Crippen LogP contribution in [0.15, 0.2) is 12.1 Å². The van der Waals surface area contributed by atoms with E-state index in [-0.39, 0.29) is 0 Å². The number of rotatable bonds is 1. The lowest BCUT2D eigenvalue weighted by molar-refractivity contribution is 0.206. The van der Waals surface area contributed by atoms with Gasteiger partial charge in [0, 0.05) is 19.2 Å². The molecule has 5 heteroatoms. The van der Waals surface area contributed by atoms with Crippen LogP contribution >= 0.6 is 11.3 Å². The van der Waals surface area contributed by atoms with E-state index >= 15 is 0 Å². The third-order valence-electron chi connectivity index (χ3n) is 1.74. The Hall–Kier alpha value is -1.36. The fourth-order valence-electron chi connectivity index (χ4n) is 1.12. The highest BCUT2D eigenvalue weighted by Crippen LogP contribution is 2.32. The Morgan fingerprint density at radius 1 is 1.58 bits per heavy atom. The molecule has 0 spiro atoms. The molecule has 2 heterocycles. The number of nitrogens with one attached hydrogen (secondary N) is 1. The van der Waals surface area contributed by atoms with E-state index in [0.717, 1.165) is 19.9 Å². The minimum Gasteiger partial charge on any atom is -0.426 e. The summed E-state index contributed by atoms with van der Waals surface area (Å²) >= 11 is 1.56. The predicted octanol–water partition coefficient (Wildman–Crippen LogP) is 1.56. The highest BCUT2D eigenvalue weighted by molar-refractivity contribution is 7.22. The molecule has 0 saturated carbocycles. The summed E-state index contributed by atoms with van der Waals surface area (Å²) in [6, 6.07) is 3.61. The van der Waals surface area contributed by atoms with Crippen LogP contribution in [-0.2, 0) is 0 Å². The fraction of sp³-hybridized carbons (Fsp3) is 0.143. The molecule has 2 rings (SSSR count). The Balaban J connectivity index is 2.71. The molecule has 0 atom stereocenters. The molecule has 2 aromatic heterocycles. The van der Waals surface area contributed by atoms with Crippen LogP contribution in [0.3, 0.4) is 0 Å². The summed E-state index contributed by atoms with van der Waals surface area (Å²) in [5.41, 5.74) is 6.24. The lowest BCUT2D eigenvalue weighted by Gasteiger charge is -1.93. The second-order valence-corrected chi connectivity index (χ2v) is 3.57. The Bertz CT molecular complexity index is 417. The van der Waals surface area contributed by atoms with Crippen LogP contribution in [0.2, 0.25) is 0 Å². The molecule has 0 amide bonds. The highest BCUT2D eigenvalue weighted by atomic mass is 32.1. The van der Waals surface area contributed by atoms with E-state index in [0.29, 0.717) is 5.82 Å². The van der Waals surface area contributed by atoms with Crippen LogP contribution in [0.1, 0.15) is 0 Å². The first-order chi connectivity index (χ1) is 5.72. The molecule has 2 aromatic rings. The summed E-state index contributed by atoms with van der Waals surface area (Å²) in [5, 5.41) is 13.4. The minimum absolute atomic E-state index is 0.374. The van der Waals surface area contributed by atoms with Gasteiger partial charge in [0.25, 0.3) is 0 Å². The zero-order valence-corrected chi connectivity index (χ0v) is 7.35. The first-order valence-corrected chi connectivity index (χ1v) is 4.32. The summed E-state index contributed by atoms with van der Waals surface area (Å²) in [6.07, 6.45) is 0. The van der Waals surface area contributed by atoms with Crippen LogP contribution in [0.4, 0.5) is 10.8 Å². The van der Waals surface area contributed by atoms with Crippen LogP contribution in [0.25, 0.3) is 10.2 Å². The summed E-state index contributed by atoms with van der Waals surface area (Å²) in [5.74, 6) is 0.374.